The number of benzene rings is 2. The maximum absolute atomic E-state index is 12.3. The first-order valence-corrected chi connectivity index (χ1v) is 12.7. The molecule has 0 amide bonds. The standard InChI is InChI=1S/C16H18I.C6H8F2O5S/c1-16(2,3)13-9-11-15(12-10-13)17-14-7-5-4-6-8-14;1-4(2)5(9)13-3-6(7,8)14(10,11)12/h4-12H,1-3H3;1,3H2,2H3,(H,10,11,12)/q+1;/p-1. The molecule has 0 spiro atoms. The predicted octanol–water partition coefficient (Wildman–Crippen LogP) is 1.36. The van der Waals surface area contributed by atoms with E-state index in [0.29, 0.717) is 0 Å². The monoisotopic (exact) mass is 566 g/mol. The van der Waals surface area contributed by atoms with E-state index in [2.05, 4.69) is 86.7 Å². The van der Waals surface area contributed by atoms with Gasteiger partial charge < -0.3 is 9.29 Å². The topological polar surface area (TPSA) is 83.5 Å². The summed E-state index contributed by atoms with van der Waals surface area (Å²) in [6, 6.07) is 19.9. The van der Waals surface area contributed by atoms with Crippen LogP contribution in [0.4, 0.5) is 8.78 Å². The number of carbonyl (C=O) groups excluding carboxylic acids is 1. The summed E-state index contributed by atoms with van der Waals surface area (Å²) in [5.41, 5.74) is 1.49. The Morgan fingerprint density at radius 1 is 1.03 bits per heavy atom. The summed E-state index contributed by atoms with van der Waals surface area (Å²) < 4.78 is 61.2. The van der Waals surface area contributed by atoms with Crippen molar-refractivity contribution in [3.63, 3.8) is 0 Å². The Balaban J connectivity index is 0.000000318. The number of alkyl halides is 2. The second-order valence-corrected chi connectivity index (χ2v) is 12.1. The van der Waals surface area contributed by atoms with Gasteiger partial charge in [0.05, 0.1) is 0 Å². The lowest BCUT2D eigenvalue weighted by Gasteiger charge is -2.19. The van der Waals surface area contributed by atoms with Gasteiger partial charge in [-0.15, -0.1) is 0 Å². The van der Waals surface area contributed by atoms with Gasteiger partial charge in [-0.3, -0.25) is 0 Å². The number of halogens is 3. The average molecular weight is 566 g/mol. The SMILES string of the molecule is C=C(C)C(=O)OCC(F)(F)S(=O)(=O)[O-].CC(C)(C)c1ccc([I+]c2ccccc2)cc1. The van der Waals surface area contributed by atoms with Crippen LogP contribution < -0.4 is 21.2 Å². The molecule has 31 heavy (non-hydrogen) atoms. The summed E-state index contributed by atoms with van der Waals surface area (Å²) in [4.78, 5) is 10.6. The van der Waals surface area contributed by atoms with Crippen LogP contribution in [0, 0.1) is 7.14 Å². The first-order chi connectivity index (χ1) is 14.1. The highest BCUT2D eigenvalue weighted by Crippen LogP contribution is 2.21. The first-order valence-electron chi connectivity index (χ1n) is 9.10. The third-order valence-electron chi connectivity index (χ3n) is 3.75. The van der Waals surface area contributed by atoms with Crippen molar-refractivity contribution in [3.05, 3.63) is 79.5 Å². The maximum atomic E-state index is 12.3. The highest BCUT2D eigenvalue weighted by molar-refractivity contribution is 7.86. The van der Waals surface area contributed by atoms with Crippen LogP contribution in [0.5, 0.6) is 0 Å². The average Bonchev–Trinajstić information content (AvgIpc) is 2.66. The summed E-state index contributed by atoms with van der Waals surface area (Å²) in [7, 11) is -5.81. The van der Waals surface area contributed by atoms with Gasteiger partial charge >= 0.3 is 32.4 Å². The van der Waals surface area contributed by atoms with Crippen molar-refractivity contribution < 1.29 is 52.5 Å². The molecule has 0 aliphatic rings. The van der Waals surface area contributed by atoms with Crippen molar-refractivity contribution in [1.82, 2.24) is 0 Å². The van der Waals surface area contributed by atoms with E-state index in [-0.39, 0.29) is 32.2 Å². The minimum atomic E-state index is -5.81. The zero-order chi connectivity index (χ0) is 23.9. The van der Waals surface area contributed by atoms with Crippen molar-refractivity contribution in [2.24, 2.45) is 0 Å². The number of ether oxygens (including phenoxy) is 1. The molecule has 0 aromatic heterocycles. The lowest BCUT2D eigenvalue weighted by Crippen LogP contribution is -3.61. The van der Waals surface area contributed by atoms with Crippen LogP contribution >= 0.6 is 0 Å². The van der Waals surface area contributed by atoms with Crippen molar-refractivity contribution in [2.45, 2.75) is 38.4 Å². The molecule has 0 bridgehead atoms. The minimum absolute atomic E-state index is 0.0208. The zero-order valence-electron chi connectivity index (χ0n) is 17.7. The van der Waals surface area contributed by atoms with E-state index in [1.807, 2.05) is 0 Å². The number of hydrogen-bond donors (Lipinski definition) is 0. The Morgan fingerprint density at radius 3 is 1.94 bits per heavy atom. The van der Waals surface area contributed by atoms with Crippen LogP contribution in [0.2, 0.25) is 0 Å². The Labute approximate surface area is 192 Å². The molecule has 9 heteroatoms. The molecule has 170 valence electrons. The third kappa shape index (κ3) is 9.44. The number of hydrogen-bond acceptors (Lipinski definition) is 5. The molecule has 0 N–H and O–H groups in total. The smallest absolute Gasteiger partial charge is 0.367 e. The van der Waals surface area contributed by atoms with Gasteiger partial charge in [-0.25, -0.2) is 13.2 Å². The summed E-state index contributed by atoms with van der Waals surface area (Å²) >= 11 is -0.0208. The van der Waals surface area contributed by atoms with Crippen molar-refractivity contribution >= 4 is 16.1 Å². The number of carbonyl (C=O) groups is 1. The molecule has 0 radical (unpaired) electrons. The van der Waals surface area contributed by atoms with Crippen LogP contribution in [-0.4, -0.2) is 30.8 Å². The lowest BCUT2D eigenvalue weighted by molar-refractivity contribution is -0.597. The summed E-state index contributed by atoms with van der Waals surface area (Å²) in [5, 5.41) is -4.61. The molecule has 0 aliphatic heterocycles. The highest BCUT2D eigenvalue weighted by atomic mass is 127. The molecule has 5 nitrogen and oxygen atoms in total. The van der Waals surface area contributed by atoms with E-state index in [1.165, 1.54) is 19.6 Å². The molecule has 0 saturated heterocycles. The van der Waals surface area contributed by atoms with E-state index in [0.717, 1.165) is 0 Å². The second kappa shape index (κ2) is 11.1. The van der Waals surface area contributed by atoms with Crippen molar-refractivity contribution in [2.75, 3.05) is 6.61 Å². The minimum Gasteiger partial charge on any atom is -0.743 e. The van der Waals surface area contributed by atoms with Gasteiger partial charge in [0.15, 0.2) is 23.9 Å². The van der Waals surface area contributed by atoms with Gasteiger partial charge in [0.2, 0.25) is 0 Å². The molecule has 0 atom stereocenters. The summed E-state index contributed by atoms with van der Waals surface area (Å²) in [6.07, 6.45) is 0. The van der Waals surface area contributed by atoms with Crippen LogP contribution in [0.15, 0.2) is 66.7 Å². The maximum Gasteiger partial charge on any atom is 0.367 e. The van der Waals surface area contributed by atoms with Crippen LogP contribution in [0.1, 0.15) is 33.3 Å². The molecule has 2 aromatic carbocycles. The summed E-state index contributed by atoms with van der Waals surface area (Å²) in [6.45, 7) is 9.23. The quantitative estimate of drug-likeness (QED) is 0.228. The lowest BCUT2D eigenvalue weighted by atomic mass is 9.87. The Hall–Kier alpha value is -1.85. The molecule has 0 heterocycles. The Bertz CT molecular complexity index is 983. The van der Waals surface area contributed by atoms with Crippen LogP contribution in [-0.2, 0) is 25.1 Å². The predicted molar refractivity (Wildman–Crippen MR) is 109 cm³/mol. The van der Waals surface area contributed by atoms with Gasteiger partial charge in [0.25, 0.3) is 0 Å². The first kappa shape index (κ1) is 27.2. The Morgan fingerprint density at radius 2 is 1.52 bits per heavy atom. The fourth-order valence-corrected chi connectivity index (χ4v) is 4.38. The fraction of sp³-hybridized carbons (Fsp3) is 0.318. The fourth-order valence-electron chi connectivity index (χ4n) is 1.96. The Kier molecular flexibility index (Phi) is 9.77. The summed E-state index contributed by atoms with van der Waals surface area (Å²) in [5.74, 6) is -1.19. The number of rotatable bonds is 6. The van der Waals surface area contributed by atoms with Gasteiger partial charge in [0, 0.05) is 5.57 Å². The molecular weight excluding hydrogens is 541 g/mol. The number of esters is 1. The van der Waals surface area contributed by atoms with E-state index in [1.54, 1.807) is 0 Å². The molecule has 0 fully saturated rings. The van der Waals surface area contributed by atoms with E-state index < -0.39 is 27.9 Å². The largest absolute Gasteiger partial charge is 0.743 e. The van der Waals surface area contributed by atoms with E-state index in [9.17, 15) is 26.5 Å². The van der Waals surface area contributed by atoms with Gasteiger partial charge in [-0.1, -0.05) is 57.7 Å². The van der Waals surface area contributed by atoms with Gasteiger partial charge in [0.1, 0.15) is 0 Å². The van der Waals surface area contributed by atoms with E-state index in [4.69, 9.17) is 0 Å². The second-order valence-electron chi connectivity index (χ2n) is 7.59. The van der Waals surface area contributed by atoms with Crippen LogP contribution in [0.3, 0.4) is 0 Å². The normalized spacial score (nSPS) is 11.8. The molecule has 0 saturated carbocycles. The van der Waals surface area contributed by atoms with Gasteiger partial charge in [-0.2, -0.15) is 8.78 Å². The van der Waals surface area contributed by atoms with E-state index >= 15 is 0 Å². The molecule has 2 aromatic rings. The molecule has 0 aliphatic carbocycles. The zero-order valence-corrected chi connectivity index (χ0v) is 20.7. The van der Waals surface area contributed by atoms with Crippen LogP contribution in [0.25, 0.3) is 0 Å². The molecule has 2 rings (SSSR count). The highest BCUT2D eigenvalue weighted by Gasteiger charge is 2.39. The molecular formula is C22H25F2IO5S. The van der Waals surface area contributed by atoms with Gasteiger partial charge in [-0.05, 0) is 42.2 Å². The van der Waals surface area contributed by atoms with Crippen molar-refractivity contribution in [1.29, 1.82) is 0 Å². The van der Waals surface area contributed by atoms with Crippen molar-refractivity contribution in [3.8, 4) is 0 Å². The third-order valence-corrected chi connectivity index (χ3v) is 7.28. The molecule has 0 unspecified atom stereocenters.